The fourth-order valence-electron chi connectivity index (χ4n) is 3.26. The van der Waals surface area contributed by atoms with E-state index in [9.17, 15) is 9.59 Å². The second-order valence-corrected chi connectivity index (χ2v) is 8.13. The fourth-order valence-corrected chi connectivity index (χ4v) is 4.30. The zero-order valence-corrected chi connectivity index (χ0v) is 18.0. The number of carbonyl (C=O) groups excluding carboxylic acids is 2. The Bertz CT molecular complexity index is 1100. The van der Waals surface area contributed by atoms with Gasteiger partial charge in [-0.05, 0) is 53.9 Å². The summed E-state index contributed by atoms with van der Waals surface area (Å²) < 4.78 is 5.65. The normalized spacial score (nSPS) is 13.8. The number of benzene rings is 2. The van der Waals surface area contributed by atoms with Crippen molar-refractivity contribution in [3.05, 3.63) is 95.2 Å². The minimum atomic E-state index is -0.289. The van der Waals surface area contributed by atoms with Crippen LogP contribution in [-0.4, -0.2) is 28.3 Å². The number of ether oxygens (including phenoxy) is 1. The number of amides is 2. The van der Waals surface area contributed by atoms with Crippen molar-refractivity contribution >= 4 is 29.1 Å². The van der Waals surface area contributed by atoms with Crippen molar-refractivity contribution in [2.24, 2.45) is 0 Å². The lowest BCUT2D eigenvalue weighted by Gasteiger charge is -2.15. The molecule has 0 N–H and O–H groups in total. The molecular weight excluding hydrogens is 408 g/mol. The Morgan fingerprint density at radius 2 is 1.61 bits per heavy atom. The number of aromatic nitrogens is 1. The van der Waals surface area contributed by atoms with Crippen LogP contribution >= 0.6 is 11.8 Å². The Morgan fingerprint density at radius 1 is 0.903 bits per heavy atom. The van der Waals surface area contributed by atoms with Crippen LogP contribution in [0.5, 0.6) is 5.75 Å². The molecule has 0 saturated heterocycles. The lowest BCUT2D eigenvalue weighted by molar-refractivity contribution is -0.137. The SMILES string of the molecule is CCCOc1ccc(C2=C(Sc3ccccc3)C(=O)N(Cc3ccncc3)C2=O)cc1. The standard InChI is InChI=1S/C25H22N2O3S/c1-2-16-30-20-10-8-19(9-11-20)22-23(31-21-6-4-3-5-7-21)25(29)27(24(22)28)17-18-12-14-26-15-13-18/h3-15H,2,16-17H2,1H3. The van der Waals surface area contributed by atoms with E-state index in [0.717, 1.165) is 22.6 Å². The maximum Gasteiger partial charge on any atom is 0.268 e. The molecule has 156 valence electrons. The van der Waals surface area contributed by atoms with Crippen LogP contribution in [-0.2, 0) is 16.1 Å². The number of nitrogens with zero attached hydrogens (tertiary/aromatic N) is 2. The van der Waals surface area contributed by atoms with Gasteiger partial charge in [0.15, 0.2) is 0 Å². The van der Waals surface area contributed by atoms with Gasteiger partial charge in [0.2, 0.25) is 0 Å². The van der Waals surface area contributed by atoms with Crippen molar-refractivity contribution in [2.45, 2.75) is 24.8 Å². The van der Waals surface area contributed by atoms with Gasteiger partial charge in [-0.2, -0.15) is 0 Å². The molecule has 31 heavy (non-hydrogen) atoms. The van der Waals surface area contributed by atoms with Crippen LogP contribution in [0.25, 0.3) is 5.57 Å². The quantitative estimate of drug-likeness (QED) is 0.474. The van der Waals surface area contributed by atoms with E-state index in [0.29, 0.717) is 22.6 Å². The van der Waals surface area contributed by atoms with Gasteiger partial charge < -0.3 is 4.74 Å². The van der Waals surface area contributed by atoms with Crippen LogP contribution in [0.2, 0.25) is 0 Å². The first kappa shape index (κ1) is 20.9. The van der Waals surface area contributed by atoms with Crippen LogP contribution in [0, 0.1) is 0 Å². The molecule has 0 radical (unpaired) electrons. The Hall–Kier alpha value is -3.38. The van der Waals surface area contributed by atoms with Gasteiger partial charge in [-0.15, -0.1) is 0 Å². The van der Waals surface area contributed by atoms with E-state index in [4.69, 9.17) is 4.74 Å². The number of rotatable bonds is 8. The van der Waals surface area contributed by atoms with Crippen LogP contribution in [0.4, 0.5) is 0 Å². The summed E-state index contributed by atoms with van der Waals surface area (Å²) in [5.41, 5.74) is 1.98. The van der Waals surface area contributed by atoms with Crippen molar-refractivity contribution in [3.63, 3.8) is 0 Å². The number of hydrogen-bond acceptors (Lipinski definition) is 5. The Balaban J connectivity index is 1.69. The third kappa shape index (κ3) is 4.70. The number of hydrogen-bond donors (Lipinski definition) is 0. The molecule has 2 heterocycles. The molecule has 0 spiro atoms. The lowest BCUT2D eigenvalue weighted by Crippen LogP contribution is -2.30. The van der Waals surface area contributed by atoms with Crippen LogP contribution < -0.4 is 4.74 Å². The maximum atomic E-state index is 13.4. The molecular formula is C25H22N2O3S. The van der Waals surface area contributed by atoms with Gasteiger partial charge in [-0.25, -0.2) is 0 Å². The van der Waals surface area contributed by atoms with E-state index in [1.165, 1.54) is 16.7 Å². The molecule has 0 atom stereocenters. The summed E-state index contributed by atoms with van der Waals surface area (Å²) in [5.74, 6) is 0.174. The minimum Gasteiger partial charge on any atom is -0.494 e. The monoisotopic (exact) mass is 430 g/mol. The van der Waals surface area contributed by atoms with E-state index >= 15 is 0 Å². The van der Waals surface area contributed by atoms with Crippen molar-refractivity contribution in [1.29, 1.82) is 0 Å². The zero-order valence-electron chi connectivity index (χ0n) is 17.2. The fraction of sp³-hybridized carbons (Fsp3) is 0.160. The lowest BCUT2D eigenvalue weighted by atomic mass is 10.1. The van der Waals surface area contributed by atoms with Gasteiger partial charge in [-0.1, -0.05) is 49.0 Å². The summed E-state index contributed by atoms with van der Waals surface area (Å²) in [6.45, 7) is 2.89. The van der Waals surface area contributed by atoms with Gasteiger partial charge in [-0.3, -0.25) is 19.5 Å². The predicted octanol–water partition coefficient (Wildman–Crippen LogP) is 4.94. The Labute approximate surface area is 185 Å². The van der Waals surface area contributed by atoms with Crippen molar-refractivity contribution < 1.29 is 14.3 Å². The molecule has 4 rings (SSSR count). The third-order valence-corrected chi connectivity index (χ3v) is 5.89. The summed E-state index contributed by atoms with van der Waals surface area (Å²) in [7, 11) is 0. The molecule has 0 aliphatic carbocycles. The molecule has 0 unspecified atom stereocenters. The topological polar surface area (TPSA) is 59.5 Å². The molecule has 1 aliphatic heterocycles. The van der Waals surface area contributed by atoms with Crippen molar-refractivity contribution in [3.8, 4) is 5.75 Å². The highest BCUT2D eigenvalue weighted by molar-refractivity contribution is 8.04. The van der Waals surface area contributed by atoms with Crippen molar-refractivity contribution in [1.82, 2.24) is 9.88 Å². The third-order valence-electron chi connectivity index (χ3n) is 4.79. The first-order valence-corrected chi connectivity index (χ1v) is 10.9. The number of imide groups is 1. The molecule has 0 bridgehead atoms. The molecule has 0 fully saturated rings. The van der Waals surface area contributed by atoms with E-state index in [-0.39, 0.29) is 18.4 Å². The van der Waals surface area contributed by atoms with Crippen LogP contribution in [0.15, 0.2) is 88.9 Å². The predicted molar refractivity (Wildman–Crippen MR) is 121 cm³/mol. The molecule has 0 saturated carbocycles. The van der Waals surface area contributed by atoms with Crippen LogP contribution in [0.1, 0.15) is 24.5 Å². The molecule has 6 heteroatoms. The van der Waals surface area contributed by atoms with Gasteiger partial charge in [0.1, 0.15) is 5.75 Å². The van der Waals surface area contributed by atoms with Gasteiger partial charge in [0.05, 0.1) is 23.6 Å². The zero-order chi connectivity index (χ0) is 21.6. The maximum absolute atomic E-state index is 13.4. The van der Waals surface area contributed by atoms with Gasteiger partial charge in [0, 0.05) is 17.3 Å². The van der Waals surface area contributed by atoms with E-state index < -0.39 is 0 Å². The Kier molecular flexibility index (Phi) is 6.48. The summed E-state index contributed by atoms with van der Waals surface area (Å²) in [5, 5.41) is 0. The van der Waals surface area contributed by atoms with Gasteiger partial charge in [0.25, 0.3) is 11.8 Å². The summed E-state index contributed by atoms with van der Waals surface area (Å²) in [6, 6.07) is 20.6. The van der Waals surface area contributed by atoms with E-state index in [1.807, 2.05) is 73.7 Å². The largest absolute Gasteiger partial charge is 0.494 e. The highest BCUT2D eigenvalue weighted by Gasteiger charge is 2.39. The number of carbonyl (C=O) groups is 2. The molecule has 3 aromatic rings. The first-order valence-electron chi connectivity index (χ1n) is 10.1. The Morgan fingerprint density at radius 3 is 2.29 bits per heavy atom. The highest BCUT2D eigenvalue weighted by Crippen LogP contribution is 2.40. The number of pyridine rings is 1. The van der Waals surface area contributed by atoms with Crippen LogP contribution in [0.3, 0.4) is 0 Å². The number of thioether (sulfide) groups is 1. The molecule has 2 amide bonds. The second-order valence-electron chi connectivity index (χ2n) is 7.04. The smallest absolute Gasteiger partial charge is 0.268 e. The molecule has 5 nitrogen and oxygen atoms in total. The second kappa shape index (κ2) is 9.62. The first-order chi connectivity index (χ1) is 15.2. The summed E-state index contributed by atoms with van der Waals surface area (Å²) in [6.07, 6.45) is 4.23. The average Bonchev–Trinajstić information content (AvgIpc) is 3.04. The van der Waals surface area contributed by atoms with Gasteiger partial charge >= 0.3 is 0 Å². The minimum absolute atomic E-state index is 0.209. The summed E-state index contributed by atoms with van der Waals surface area (Å²) in [4.78, 5) is 33.3. The molecule has 1 aliphatic rings. The average molecular weight is 431 g/mol. The van der Waals surface area contributed by atoms with E-state index in [2.05, 4.69) is 4.98 Å². The molecule has 2 aromatic carbocycles. The van der Waals surface area contributed by atoms with Crippen molar-refractivity contribution in [2.75, 3.05) is 6.61 Å². The summed E-state index contributed by atoms with van der Waals surface area (Å²) >= 11 is 1.32. The molecule has 1 aromatic heterocycles. The van der Waals surface area contributed by atoms with E-state index in [1.54, 1.807) is 12.4 Å². The highest BCUT2D eigenvalue weighted by atomic mass is 32.2.